The van der Waals surface area contributed by atoms with Crippen LogP contribution in [0.15, 0.2) is 73.3 Å². The molecule has 37 heavy (non-hydrogen) atoms. The Kier molecular flexibility index (Phi) is 9.10. The van der Waals surface area contributed by atoms with Gasteiger partial charge in [-0.25, -0.2) is 13.2 Å². The predicted molar refractivity (Wildman–Crippen MR) is 143 cm³/mol. The molecule has 1 aliphatic carbocycles. The Balaban J connectivity index is 1.35. The summed E-state index contributed by atoms with van der Waals surface area (Å²) in [6.07, 6.45) is 8.39. The van der Waals surface area contributed by atoms with Crippen molar-refractivity contribution in [3.05, 3.63) is 102 Å². The molecule has 0 saturated heterocycles. The number of allylic oxidation sites excluding steroid dienone is 2. The molecule has 0 radical (unpaired) electrons. The van der Waals surface area contributed by atoms with E-state index in [0.29, 0.717) is 48.8 Å². The van der Waals surface area contributed by atoms with Gasteiger partial charge in [0, 0.05) is 5.56 Å². The lowest BCUT2D eigenvalue weighted by molar-refractivity contribution is 0.308. The summed E-state index contributed by atoms with van der Waals surface area (Å²) in [5.41, 5.74) is 3.24. The molecule has 3 aromatic rings. The van der Waals surface area contributed by atoms with Gasteiger partial charge >= 0.3 is 0 Å². The Morgan fingerprint density at radius 1 is 0.946 bits per heavy atom. The Morgan fingerprint density at radius 3 is 2.41 bits per heavy atom. The van der Waals surface area contributed by atoms with E-state index in [0.717, 1.165) is 36.8 Å². The highest BCUT2D eigenvalue weighted by Gasteiger charge is 2.19. The smallest absolute Gasteiger partial charge is 0.166 e. The third-order valence-corrected chi connectivity index (χ3v) is 6.86. The van der Waals surface area contributed by atoms with Crippen LogP contribution in [0.3, 0.4) is 0 Å². The quantitative estimate of drug-likeness (QED) is 0.191. The normalized spacial score (nSPS) is 15.2. The number of halogens is 3. The number of ether oxygens (including phenoxy) is 2. The third-order valence-electron chi connectivity index (χ3n) is 6.86. The average Bonchev–Trinajstić information content (AvgIpc) is 2.92. The van der Waals surface area contributed by atoms with Gasteiger partial charge in [-0.05, 0) is 97.9 Å². The third kappa shape index (κ3) is 6.65. The molecule has 0 amide bonds. The van der Waals surface area contributed by atoms with Gasteiger partial charge in [-0.3, -0.25) is 0 Å². The molecular formula is C32H33F3O2. The second-order valence-electron chi connectivity index (χ2n) is 9.34. The number of hydrogen-bond acceptors (Lipinski definition) is 2. The Hall–Kier alpha value is -3.47. The lowest BCUT2D eigenvalue weighted by Crippen LogP contribution is -2.08. The number of benzene rings is 3. The molecule has 2 nitrogen and oxygen atoms in total. The van der Waals surface area contributed by atoms with Crippen LogP contribution in [0.4, 0.5) is 13.2 Å². The van der Waals surface area contributed by atoms with Gasteiger partial charge in [0.15, 0.2) is 23.2 Å². The summed E-state index contributed by atoms with van der Waals surface area (Å²) in [5.74, 6) is -0.624. The van der Waals surface area contributed by atoms with Gasteiger partial charge in [-0.2, -0.15) is 0 Å². The second-order valence-corrected chi connectivity index (χ2v) is 9.34. The minimum absolute atomic E-state index is 0.249. The van der Waals surface area contributed by atoms with E-state index in [4.69, 9.17) is 9.47 Å². The number of aryl methyl sites for hydroxylation is 1. The maximum Gasteiger partial charge on any atom is 0.166 e. The van der Waals surface area contributed by atoms with E-state index in [1.807, 2.05) is 13.0 Å². The molecule has 0 N–H and O–H groups in total. The van der Waals surface area contributed by atoms with E-state index in [1.165, 1.54) is 6.07 Å². The van der Waals surface area contributed by atoms with Crippen molar-refractivity contribution in [3.8, 4) is 22.6 Å². The average molecular weight is 507 g/mol. The predicted octanol–water partition coefficient (Wildman–Crippen LogP) is 8.94. The van der Waals surface area contributed by atoms with Gasteiger partial charge < -0.3 is 9.47 Å². The maximum atomic E-state index is 14.9. The van der Waals surface area contributed by atoms with Gasteiger partial charge in [-0.15, -0.1) is 6.58 Å². The SMILES string of the molecule is C=CCCOc1ccc(C2=CCC(CCc3ccc(-c4ccc(OCC)cc4)c(F)c3F)CC2)cc1F. The molecule has 3 aromatic carbocycles. The maximum absolute atomic E-state index is 14.9. The largest absolute Gasteiger partial charge is 0.494 e. The van der Waals surface area contributed by atoms with Crippen LogP contribution in [0.2, 0.25) is 0 Å². The van der Waals surface area contributed by atoms with Crippen molar-refractivity contribution >= 4 is 5.57 Å². The highest BCUT2D eigenvalue weighted by Crippen LogP contribution is 2.35. The minimum atomic E-state index is -0.813. The monoisotopic (exact) mass is 506 g/mol. The minimum Gasteiger partial charge on any atom is -0.494 e. The first kappa shape index (κ1) is 26.6. The molecule has 194 valence electrons. The Labute approximate surface area is 217 Å². The fourth-order valence-corrected chi connectivity index (χ4v) is 4.75. The van der Waals surface area contributed by atoms with Crippen LogP contribution in [0.5, 0.6) is 11.5 Å². The van der Waals surface area contributed by atoms with Gasteiger partial charge in [0.25, 0.3) is 0 Å². The molecule has 4 rings (SSSR count). The summed E-state index contributed by atoms with van der Waals surface area (Å²) in [4.78, 5) is 0. The fraction of sp³-hybridized carbons (Fsp3) is 0.312. The van der Waals surface area contributed by atoms with Gasteiger partial charge in [0.05, 0.1) is 13.2 Å². The molecule has 1 atom stereocenters. The van der Waals surface area contributed by atoms with Crippen LogP contribution in [0.1, 0.15) is 50.2 Å². The first-order chi connectivity index (χ1) is 18.0. The molecule has 0 fully saturated rings. The van der Waals surface area contributed by atoms with E-state index >= 15 is 0 Å². The molecule has 0 saturated carbocycles. The van der Waals surface area contributed by atoms with Crippen LogP contribution < -0.4 is 9.47 Å². The molecule has 0 aromatic heterocycles. The molecule has 0 heterocycles. The highest BCUT2D eigenvalue weighted by atomic mass is 19.2. The molecule has 1 aliphatic rings. The molecule has 5 heteroatoms. The van der Waals surface area contributed by atoms with Gasteiger partial charge in [-0.1, -0.05) is 42.5 Å². The summed E-state index contributed by atoms with van der Waals surface area (Å²) >= 11 is 0. The van der Waals surface area contributed by atoms with Crippen LogP contribution >= 0.6 is 0 Å². The highest BCUT2D eigenvalue weighted by molar-refractivity contribution is 5.67. The van der Waals surface area contributed by atoms with E-state index in [-0.39, 0.29) is 17.1 Å². The van der Waals surface area contributed by atoms with Crippen molar-refractivity contribution in [1.29, 1.82) is 0 Å². The van der Waals surface area contributed by atoms with Crippen molar-refractivity contribution in [2.45, 2.75) is 45.4 Å². The van der Waals surface area contributed by atoms with E-state index in [9.17, 15) is 13.2 Å². The van der Waals surface area contributed by atoms with E-state index < -0.39 is 11.6 Å². The first-order valence-corrected chi connectivity index (χ1v) is 12.9. The van der Waals surface area contributed by atoms with Crippen LogP contribution in [0, 0.1) is 23.4 Å². The molecular weight excluding hydrogens is 473 g/mol. The van der Waals surface area contributed by atoms with Crippen molar-refractivity contribution in [2.75, 3.05) is 13.2 Å². The summed E-state index contributed by atoms with van der Waals surface area (Å²) in [7, 11) is 0. The van der Waals surface area contributed by atoms with Gasteiger partial charge in [0.2, 0.25) is 0 Å². The standard InChI is InChI=1S/C32H33F3O2/c1-3-5-20-37-30-19-15-26(21-29(30)33)23-9-6-22(7-10-23)8-11-25-14-18-28(32(35)31(25)34)24-12-16-27(17-13-24)36-4-2/h3,9,12-19,21-22H,1,4-8,10-11,20H2,2H3. The molecule has 0 spiro atoms. The zero-order chi connectivity index (χ0) is 26.2. The second kappa shape index (κ2) is 12.7. The lowest BCUT2D eigenvalue weighted by atomic mass is 9.83. The summed E-state index contributed by atoms with van der Waals surface area (Å²) in [6.45, 7) is 6.48. The number of rotatable bonds is 11. The molecule has 0 bridgehead atoms. The zero-order valence-electron chi connectivity index (χ0n) is 21.2. The van der Waals surface area contributed by atoms with Crippen molar-refractivity contribution in [1.82, 2.24) is 0 Å². The topological polar surface area (TPSA) is 18.5 Å². The number of hydrogen-bond donors (Lipinski definition) is 0. The summed E-state index contributed by atoms with van der Waals surface area (Å²) in [5, 5.41) is 0. The fourth-order valence-electron chi connectivity index (χ4n) is 4.75. The first-order valence-electron chi connectivity index (χ1n) is 12.9. The molecule has 0 aliphatic heterocycles. The van der Waals surface area contributed by atoms with Crippen LogP contribution in [-0.2, 0) is 6.42 Å². The Morgan fingerprint density at radius 2 is 1.73 bits per heavy atom. The van der Waals surface area contributed by atoms with E-state index in [2.05, 4.69) is 12.7 Å². The van der Waals surface area contributed by atoms with Crippen molar-refractivity contribution in [2.24, 2.45) is 5.92 Å². The van der Waals surface area contributed by atoms with Crippen molar-refractivity contribution in [3.63, 3.8) is 0 Å². The van der Waals surface area contributed by atoms with Crippen LogP contribution in [-0.4, -0.2) is 13.2 Å². The van der Waals surface area contributed by atoms with E-state index in [1.54, 1.807) is 48.5 Å². The Bertz CT molecular complexity index is 1250. The zero-order valence-corrected chi connectivity index (χ0v) is 21.2. The lowest BCUT2D eigenvalue weighted by Gasteiger charge is -2.22. The summed E-state index contributed by atoms with van der Waals surface area (Å²) < 4.78 is 55.1. The summed E-state index contributed by atoms with van der Waals surface area (Å²) in [6, 6.07) is 15.4. The van der Waals surface area contributed by atoms with Gasteiger partial charge in [0.1, 0.15) is 5.75 Å². The van der Waals surface area contributed by atoms with Crippen molar-refractivity contribution < 1.29 is 22.6 Å². The van der Waals surface area contributed by atoms with Crippen LogP contribution in [0.25, 0.3) is 16.7 Å². The molecule has 1 unspecified atom stereocenters.